The number of nitrogens with zero attached hydrogens (tertiary/aromatic N) is 5. The number of hydrogen-bond donors (Lipinski definition) is 3. The number of aromatic nitrogens is 3. The van der Waals surface area contributed by atoms with Gasteiger partial charge in [-0.3, -0.25) is 14.5 Å². The topological polar surface area (TPSA) is 146 Å². The van der Waals surface area contributed by atoms with E-state index in [0.29, 0.717) is 49.2 Å². The summed E-state index contributed by atoms with van der Waals surface area (Å²) in [6.45, 7) is 7.16. The van der Waals surface area contributed by atoms with Crippen LogP contribution in [0.5, 0.6) is 5.88 Å². The first kappa shape index (κ1) is 28.5. The van der Waals surface area contributed by atoms with Crippen molar-refractivity contribution in [1.82, 2.24) is 30.1 Å². The Labute approximate surface area is 239 Å². The second kappa shape index (κ2) is 13.1. The molecule has 0 radical (unpaired) electrons. The summed E-state index contributed by atoms with van der Waals surface area (Å²) in [5.74, 6) is 1.69. The fraction of sp³-hybridized carbons (Fsp3) is 0.483. The van der Waals surface area contributed by atoms with Crippen LogP contribution in [0.1, 0.15) is 52.8 Å². The Morgan fingerprint density at radius 2 is 2.02 bits per heavy atom. The number of hydrogen-bond acceptors (Lipinski definition) is 10. The van der Waals surface area contributed by atoms with Gasteiger partial charge in [-0.2, -0.15) is 0 Å². The van der Waals surface area contributed by atoms with E-state index in [2.05, 4.69) is 30.5 Å². The lowest BCUT2D eigenvalue weighted by Gasteiger charge is -2.32. The zero-order valence-electron chi connectivity index (χ0n) is 23.5. The van der Waals surface area contributed by atoms with E-state index in [1.54, 1.807) is 25.3 Å². The van der Waals surface area contributed by atoms with Crippen LogP contribution in [0.25, 0.3) is 0 Å². The smallest absolute Gasteiger partial charge is 0.251 e. The van der Waals surface area contributed by atoms with Crippen LogP contribution < -0.4 is 15.4 Å². The first-order valence-corrected chi connectivity index (χ1v) is 14.0. The van der Waals surface area contributed by atoms with Crippen molar-refractivity contribution in [2.75, 3.05) is 38.0 Å². The van der Waals surface area contributed by atoms with Crippen LogP contribution in [-0.4, -0.2) is 86.5 Å². The minimum atomic E-state index is -0.716. The molecule has 12 heteroatoms. The van der Waals surface area contributed by atoms with Gasteiger partial charge in [-0.05, 0) is 37.5 Å². The van der Waals surface area contributed by atoms with E-state index < -0.39 is 6.10 Å². The molecule has 0 saturated carbocycles. The zero-order chi connectivity index (χ0) is 28.8. The third kappa shape index (κ3) is 7.59. The van der Waals surface area contributed by atoms with Crippen LogP contribution in [0.4, 0.5) is 5.82 Å². The van der Waals surface area contributed by atoms with E-state index in [1.807, 2.05) is 24.0 Å². The lowest BCUT2D eigenvalue weighted by Crippen LogP contribution is -2.42. The van der Waals surface area contributed by atoms with Crippen LogP contribution in [0, 0.1) is 6.92 Å². The molecule has 0 aliphatic carbocycles. The van der Waals surface area contributed by atoms with Gasteiger partial charge in [0.1, 0.15) is 12.4 Å². The number of pyridine rings is 2. The van der Waals surface area contributed by atoms with Crippen molar-refractivity contribution in [3.8, 4) is 5.88 Å². The Hall–Kier alpha value is -4.03. The monoisotopic (exact) mass is 563 g/mol. The molecule has 2 amide bonds. The third-order valence-electron chi connectivity index (χ3n) is 7.58. The quantitative estimate of drug-likeness (QED) is 0.334. The highest BCUT2D eigenvalue weighted by molar-refractivity contribution is 5.94. The van der Waals surface area contributed by atoms with Crippen molar-refractivity contribution in [2.24, 2.45) is 0 Å². The van der Waals surface area contributed by atoms with Crippen LogP contribution in [-0.2, 0) is 24.4 Å². The summed E-state index contributed by atoms with van der Waals surface area (Å²) in [5, 5.41) is 16.9. The Bertz CT molecular complexity index is 1350. The molecule has 0 bridgehead atoms. The van der Waals surface area contributed by atoms with Crippen molar-refractivity contribution < 1.29 is 23.8 Å². The molecule has 2 aliphatic heterocycles. The number of aryl methyl sites for hydroxylation is 1. The molecule has 1 saturated heterocycles. The molecular formula is C29H37N7O5. The maximum atomic E-state index is 12.8. The van der Waals surface area contributed by atoms with Crippen LogP contribution in [0.15, 0.2) is 41.3 Å². The van der Waals surface area contributed by atoms with E-state index in [9.17, 15) is 14.7 Å². The predicted molar refractivity (Wildman–Crippen MR) is 150 cm³/mol. The Balaban J connectivity index is 1.05. The number of likely N-dealkylation sites (tertiary alicyclic amines) is 1. The maximum Gasteiger partial charge on any atom is 0.251 e. The fourth-order valence-electron chi connectivity index (χ4n) is 5.17. The van der Waals surface area contributed by atoms with Crippen LogP contribution in [0.2, 0.25) is 0 Å². The molecule has 3 aromatic rings. The highest BCUT2D eigenvalue weighted by atomic mass is 16.5. The number of ether oxygens (including phenoxy) is 1. The second-order valence-corrected chi connectivity index (χ2v) is 10.6. The first-order chi connectivity index (χ1) is 19.8. The summed E-state index contributed by atoms with van der Waals surface area (Å²) < 4.78 is 11.1. The van der Waals surface area contributed by atoms with E-state index in [1.165, 1.54) is 6.39 Å². The summed E-state index contributed by atoms with van der Waals surface area (Å²) in [7, 11) is 0. The van der Waals surface area contributed by atoms with Gasteiger partial charge in [0, 0.05) is 76.5 Å². The Kier molecular flexibility index (Phi) is 9.10. The number of carbonyl (C=O) groups is 2. The SMILES string of the molecule is CC(=O)N1CCC(Nc2cc(C(=O)NCC(O)CN3CCc4nc(OCc5ocnc5C)ccc4C3)ccn2)CC1. The molecular weight excluding hydrogens is 526 g/mol. The molecule has 218 valence electrons. The Morgan fingerprint density at radius 1 is 1.20 bits per heavy atom. The molecule has 5 rings (SSSR count). The third-order valence-corrected chi connectivity index (χ3v) is 7.58. The summed E-state index contributed by atoms with van der Waals surface area (Å²) in [6.07, 6.45) is 4.70. The normalized spacial score (nSPS) is 16.6. The number of nitrogens with one attached hydrogen (secondary N) is 2. The lowest BCUT2D eigenvalue weighted by atomic mass is 10.0. The van der Waals surface area contributed by atoms with Crippen LogP contribution >= 0.6 is 0 Å². The van der Waals surface area contributed by atoms with Gasteiger partial charge in [0.05, 0.1) is 17.5 Å². The molecule has 41 heavy (non-hydrogen) atoms. The zero-order valence-corrected chi connectivity index (χ0v) is 23.5. The van der Waals surface area contributed by atoms with Gasteiger partial charge < -0.3 is 29.8 Å². The molecule has 5 heterocycles. The number of anilines is 1. The van der Waals surface area contributed by atoms with Gasteiger partial charge in [-0.1, -0.05) is 6.07 Å². The molecule has 3 N–H and O–H groups in total. The minimum absolute atomic E-state index is 0.0967. The van der Waals surface area contributed by atoms with Crippen LogP contribution in [0.3, 0.4) is 0 Å². The summed E-state index contributed by atoms with van der Waals surface area (Å²) in [5.41, 5.74) is 3.36. The highest BCUT2D eigenvalue weighted by Crippen LogP contribution is 2.22. The van der Waals surface area contributed by atoms with Gasteiger partial charge in [-0.25, -0.2) is 15.0 Å². The van der Waals surface area contributed by atoms with E-state index in [0.717, 1.165) is 42.8 Å². The van der Waals surface area contributed by atoms with E-state index in [4.69, 9.17) is 9.15 Å². The number of rotatable bonds is 10. The highest BCUT2D eigenvalue weighted by Gasteiger charge is 2.23. The van der Waals surface area contributed by atoms with Gasteiger partial charge in [0.2, 0.25) is 11.8 Å². The predicted octanol–water partition coefficient (Wildman–Crippen LogP) is 1.92. The average Bonchev–Trinajstić information content (AvgIpc) is 3.39. The summed E-state index contributed by atoms with van der Waals surface area (Å²) in [6, 6.07) is 7.43. The molecule has 1 unspecified atom stereocenters. The number of piperidine rings is 1. The summed E-state index contributed by atoms with van der Waals surface area (Å²) in [4.78, 5) is 41.4. The first-order valence-electron chi connectivity index (χ1n) is 14.0. The van der Waals surface area contributed by atoms with E-state index in [-0.39, 0.29) is 31.0 Å². The standard InChI is InChI=1S/C29H37N7O5/c1-19-26(41-18-32-19)17-40-28-4-3-22-15-35(10-8-25(22)34-28)16-24(38)14-31-29(39)21-5-9-30-27(13-21)33-23-6-11-36(12-7-23)20(2)37/h3-5,9,13,18,23-24,38H,6-8,10-12,14-17H2,1-2H3,(H,30,33)(H,31,39). The van der Waals surface area contributed by atoms with E-state index >= 15 is 0 Å². The van der Waals surface area contributed by atoms with Gasteiger partial charge in [0.25, 0.3) is 5.91 Å². The number of fused-ring (bicyclic) bond motifs is 1. The number of oxazole rings is 1. The van der Waals surface area contributed by atoms with Crippen molar-refractivity contribution in [2.45, 2.75) is 58.4 Å². The average molecular weight is 564 g/mol. The Morgan fingerprint density at radius 3 is 2.78 bits per heavy atom. The number of carbonyl (C=O) groups excluding carboxylic acids is 2. The van der Waals surface area contributed by atoms with Crippen molar-refractivity contribution in [1.29, 1.82) is 0 Å². The maximum absolute atomic E-state index is 12.8. The number of β-amino-alcohol motifs (C(OH)–C–C–N with tert-alkyl or cyclic N) is 1. The largest absolute Gasteiger partial charge is 0.469 e. The lowest BCUT2D eigenvalue weighted by molar-refractivity contribution is -0.129. The summed E-state index contributed by atoms with van der Waals surface area (Å²) >= 11 is 0. The molecule has 1 atom stereocenters. The van der Waals surface area contributed by atoms with Gasteiger partial charge >= 0.3 is 0 Å². The molecule has 12 nitrogen and oxygen atoms in total. The van der Waals surface area contributed by atoms with Gasteiger partial charge in [0.15, 0.2) is 12.2 Å². The fourth-order valence-corrected chi connectivity index (χ4v) is 5.17. The molecule has 0 spiro atoms. The molecule has 3 aromatic heterocycles. The second-order valence-electron chi connectivity index (χ2n) is 10.6. The minimum Gasteiger partial charge on any atom is -0.469 e. The van der Waals surface area contributed by atoms with Crippen molar-refractivity contribution in [3.05, 3.63) is 65.1 Å². The molecule has 2 aliphatic rings. The number of aliphatic hydroxyl groups is 1. The molecule has 0 aromatic carbocycles. The van der Waals surface area contributed by atoms with Gasteiger partial charge in [-0.15, -0.1) is 0 Å². The number of aliphatic hydroxyl groups excluding tert-OH is 1. The number of amides is 2. The van der Waals surface area contributed by atoms with Crippen molar-refractivity contribution in [3.63, 3.8) is 0 Å². The van der Waals surface area contributed by atoms with Crippen molar-refractivity contribution >= 4 is 17.6 Å². The molecule has 1 fully saturated rings.